The average Bonchev–Trinajstić information content (AvgIpc) is 2.84. The fourth-order valence-corrected chi connectivity index (χ4v) is 2.88. The van der Waals surface area contributed by atoms with Gasteiger partial charge in [0.15, 0.2) is 5.76 Å². The molecule has 1 N–H and O–H groups in total. The molecule has 0 fully saturated rings. The molecule has 0 unspecified atom stereocenters. The second kappa shape index (κ2) is 6.99. The smallest absolute Gasteiger partial charge is 0.296 e. The summed E-state index contributed by atoms with van der Waals surface area (Å²) >= 11 is 5.85. The maximum absolute atomic E-state index is 12.7. The summed E-state index contributed by atoms with van der Waals surface area (Å²) < 4.78 is 5.23. The molecule has 0 saturated heterocycles. The van der Waals surface area contributed by atoms with Gasteiger partial charge in [-0.25, -0.2) is 0 Å². The van der Waals surface area contributed by atoms with Gasteiger partial charge in [0.05, 0.1) is 12.7 Å². The van der Waals surface area contributed by atoms with Crippen molar-refractivity contribution in [3.05, 3.63) is 70.4 Å². The van der Waals surface area contributed by atoms with Crippen LogP contribution in [-0.2, 0) is 16.0 Å². The first-order valence-corrected chi connectivity index (χ1v) is 8.08. The number of carbonyl (C=O) groups excluding carboxylic acids is 2. The number of benzene rings is 2. The van der Waals surface area contributed by atoms with Gasteiger partial charge in [-0.05, 0) is 30.2 Å². The lowest BCUT2D eigenvalue weighted by Gasteiger charge is -2.15. The first kappa shape index (κ1) is 17.0. The molecule has 1 aliphatic rings. The second-order valence-corrected chi connectivity index (χ2v) is 6.00. The Morgan fingerprint density at radius 1 is 1.04 bits per heavy atom. The Bertz CT molecular complexity index is 858. The molecule has 2 aromatic rings. The van der Waals surface area contributed by atoms with Crippen LogP contribution in [0.4, 0.5) is 0 Å². The Morgan fingerprint density at radius 3 is 2.40 bits per heavy atom. The van der Waals surface area contributed by atoms with E-state index in [1.807, 2.05) is 12.1 Å². The first-order valence-electron chi connectivity index (χ1n) is 7.70. The highest BCUT2D eigenvalue weighted by atomic mass is 35.5. The summed E-state index contributed by atoms with van der Waals surface area (Å²) in [5, 5.41) is 10.8. The van der Waals surface area contributed by atoms with Crippen LogP contribution < -0.4 is 4.74 Å². The van der Waals surface area contributed by atoms with Gasteiger partial charge in [-0.2, -0.15) is 0 Å². The largest absolute Gasteiger partial charge is 0.502 e. The van der Waals surface area contributed by atoms with E-state index in [0.29, 0.717) is 22.8 Å². The number of hydrogen-bond donors (Lipinski definition) is 1. The zero-order valence-corrected chi connectivity index (χ0v) is 14.3. The molecule has 2 aromatic carbocycles. The third-order valence-electron chi connectivity index (χ3n) is 4.06. The van der Waals surface area contributed by atoms with E-state index in [1.54, 1.807) is 36.4 Å². The maximum atomic E-state index is 12.7. The van der Waals surface area contributed by atoms with E-state index in [9.17, 15) is 14.7 Å². The van der Waals surface area contributed by atoms with Gasteiger partial charge in [0.2, 0.25) is 0 Å². The number of methoxy groups -OCH3 is 1. The summed E-state index contributed by atoms with van der Waals surface area (Å²) in [6, 6.07) is 13.9. The van der Waals surface area contributed by atoms with Crippen LogP contribution in [0.5, 0.6) is 5.75 Å². The minimum atomic E-state index is -0.695. The molecular weight excluding hydrogens is 342 g/mol. The third-order valence-corrected chi connectivity index (χ3v) is 4.31. The van der Waals surface area contributed by atoms with Crippen molar-refractivity contribution in [2.75, 3.05) is 13.7 Å². The molecule has 0 radical (unpaired) electrons. The van der Waals surface area contributed by atoms with E-state index in [-0.39, 0.29) is 12.1 Å². The van der Waals surface area contributed by atoms with Crippen LogP contribution in [0.2, 0.25) is 5.02 Å². The van der Waals surface area contributed by atoms with Crippen molar-refractivity contribution in [3.63, 3.8) is 0 Å². The predicted molar refractivity (Wildman–Crippen MR) is 94.4 cm³/mol. The normalized spacial score (nSPS) is 14.4. The Kier molecular flexibility index (Phi) is 4.76. The van der Waals surface area contributed by atoms with Gasteiger partial charge in [0.25, 0.3) is 11.8 Å². The standard InChI is InChI=1S/C19H16ClNO4/c1-25-15-5-3-2-4-14(15)16-17(22)19(24)21(18(16)23)11-10-12-6-8-13(20)9-7-12/h2-9,22H,10-11H2,1H3. The van der Waals surface area contributed by atoms with Crippen LogP contribution in [0.15, 0.2) is 54.3 Å². The Hall–Kier alpha value is -2.79. The molecule has 0 spiro atoms. The van der Waals surface area contributed by atoms with Crippen molar-refractivity contribution in [1.29, 1.82) is 0 Å². The summed E-state index contributed by atoms with van der Waals surface area (Å²) in [6.07, 6.45) is 0.473. The quantitative estimate of drug-likeness (QED) is 0.834. The Labute approximate surface area is 150 Å². The van der Waals surface area contributed by atoms with Gasteiger partial charge in [0, 0.05) is 17.1 Å². The molecule has 1 aliphatic heterocycles. The second-order valence-electron chi connectivity index (χ2n) is 5.56. The molecule has 0 saturated carbocycles. The summed E-state index contributed by atoms with van der Waals surface area (Å²) in [6.45, 7) is 0.169. The van der Waals surface area contributed by atoms with Gasteiger partial charge in [-0.1, -0.05) is 41.9 Å². The van der Waals surface area contributed by atoms with Crippen LogP contribution in [0.1, 0.15) is 11.1 Å². The number of para-hydroxylation sites is 1. The van der Waals surface area contributed by atoms with Gasteiger partial charge in [-0.3, -0.25) is 14.5 Å². The number of rotatable bonds is 5. The molecule has 1 heterocycles. The number of carbonyl (C=O) groups is 2. The van der Waals surface area contributed by atoms with Crippen LogP contribution in [0.25, 0.3) is 5.57 Å². The molecule has 0 bridgehead atoms. The first-order chi connectivity index (χ1) is 12.0. The van der Waals surface area contributed by atoms with Crippen LogP contribution in [0, 0.1) is 0 Å². The van der Waals surface area contributed by atoms with Crippen molar-refractivity contribution >= 4 is 29.0 Å². The molecule has 0 atom stereocenters. The summed E-state index contributed by atoms with van der Waals surface area (Å²) in [7, 11) is 1.47. The molecule has 0 aliphatic carbocycles. The highest BCUT2D eigenvalue weighted by Gasteiger charge is 2.39. The topological polar surface area (TPSA) is 66.8 Å². The van der Waals surface area contributed by atoms with Gasteiger partial charge in [-0.15, -0.1) is 0 Å². The number of hydrogen-bond acceptors (Lipinski definition) is 4. The highest BCUT2D eigenvalue weighted by molar-refractivity contribution is 6.35. The van der Waals surface area contributed by atoms with Crippen molar-refractivity contribution in [1.82, 2.24) is 4.90 Å². The number of amides is 2. The summed E-state index contributed by atoms with van der Waals surface area (Å²) in [5.74, 6) is -1.35. The zero-order chi connectivity index (χ0) is 18.0. The third kappa shape index (κ3) is 3.23. The number of aliphatic hydroxyl groups is 1. The number of aliphatic hydroxyl groups excluding tert-OH is 1. The number of nitrogens with zero attached hydrogens (tertiary/aromatic N) is 1. The average molecular weight is 358 g/mol. The number of imide groups is 1. The predicted octanol–water partition coefficient (Wildman–Crippen LogP) is 3.23. The maximum Gasteiger partial charge on any atom is 0.296 e. The van der Waals surface area contributed by atoms with Crippen LogP contribution >= 0.6 is 11.6 Å². The lowest BCUT2D eigenvalue weighted by atomic mass is 10.0. The molecule has 25 heavy (non-hydrogen) atoms. The zero-order valence-electron chi connectivity index (χ0n) is 13.5. The summed E-state index contributed by atoms with van der Waals surface area (Å²) in [5.41, 5.74) is 1.31. The minimum Gasteiger partial charge on any atom is -0.502 e. The van der Waals surface area contributed by atoms with Crippen molar-refractivity contribution in [3.8, 4) is 5.75 Å². The van der Waals surface area contributed by atoms with Crippen molar-refractivity contribution in [2.24, 2.45) is 0 Å². The van der Waals surface area contributed by atoms with E-state index >= 15 is 0 Å². The van der Waals surface area contributed by atoms with E-state index in [4.69, 9.17) is 16.3 Å². The van der Waals surface area contributed by atoms with E-state index < -0.39 is 17.6 Å². The lowest BCUT2D eigenvalue weighted by Crippen LogP contribution is -2.33. The molecule has 6 heteroatoms. The van der Waals surface area contributed by atoms with Gasteiger partial charge < -0.3 is 9.84 Å². The van der Waals surface area contributed by atoms with Crippen molar-refractivity contribution < 1.29 is 19.4 Å². The molecule has 0 aromatic heterocycles. The fraction of sp³-hybridized carbons (Fsp3) is 0.158. The van der Waals surface area contributed by atoms with Gasteiger partial charge >= 0.3 is 0 Å². The van der Waals surface area contributed by atoms with E-state index in [0.717, 1.165) is 10.5 Å². The molecule has 128 valence electrons. The van der Waals surface area contributed by atoms with E-state index in [1.165, 1.54) is 7.11 Å². The minimum absolute atomic E-state index is 0.0291. The SMILES string of the molecule is COc1ccccc1C1=C(O)C(=O)N(CCc2ccc(Cl)cc2)C1=O. The molecule has 3 rings (SSSR count). The van der Waals surface area contributed by atoms with Crippen molar-refractivity contribution in [2.45, 2.75) is 6.42 Å². The van der Waals surface area contributed by atoms with Crippen LogP contribution in [-0.4, -0.2) is 35.5 Å². The Morgan fingerprint density at radius 2 is 1.72 bits per heavy atom. The lowest BCUT2D eigenvalue weighted by molar-refractivity contribution is -0.138. The van der Waals surface area contributed by atoms with Gasteiger partial charge in [0.1, 0.15) is 5.75 Å². The fourth-order valence-electron chi connectivity index (χ4n) is 2.75. The molecule has 5 nitrogen and oxygen atoms in total. The number of ether oxygens (including phenoxy) is 1. The highest BCUT2D eigenvalue weighted by Crippen LogP contribution is 2.33. The van der Waals surface area contributed by atoms with Crippen LogP contribution in [0.3, 0.4) is 0 Å². The molecule has 2 amide bonds. The summed E-state index contributed by atoms with van der Waals surface area (Å²) in [4.78, 5) is 26.0. The number of halogens is 1. The monoisotopic (exact) mass is 357 g/mol. The molecular formula is C19H16ClNO4. The van der Waals surface area contributed by atoms with E-state index in [2.05, 4.69) is 0 Å². The Balaban J connectivity index is 1.83.